The summed E-state index contributed by atoms with van der Waals surface area (Å²) in [4.78, 5) is -0.180. The first kappa shape index (κ1) is 8.16. The summed E-state index contributed by atoms with van der Waals surface area (Å²) in [5, 5.41) is 8.65. The molecule has 0 amide bonds. The number of hydrogen-bond donors (Lipinski definition) is 1. The molecule has 1 aromatic carbocycles. The van der Waals surface area contributed by atoms with Crippen molar-refractivity contribution in [2.75, 3.05) is 0 Å². The molecule has 0 aromatic heterocycles. The number of aromatic hydroxyl groups is 1. The van der Waals surface area contributed by atoms with Crippen molar-refractivity contribution in [1.29, 1.82) is 0 Å². The molecule has 0 aliphatic heterocycles. The Morgan fingerprint density at radius 3 is 2.64 bits per heavy atom. The highest BCUT2D eigenvalue weighted by atomic mass is 32.2. The van der Waals surface area contributed by atoms with Crippen LogP contribution in [0.5, 0.6) is 5.75 Å². The minimum atomic E-state index is -2.45. The Morgan fingerprint density at radius 1 is 1.55 bits per heavy atom. The molecule has 0 fully saturated rings. The number of benzene rings is 1. The number of phenols is 1. The molecule has 60 valence electrons. The van der Waals surface area contributed by atoms with E-state index in [1.165, 1.54) is 0 Å². The van der Waals surface area contributed by atoms with Crippen molar-refractivity contribution in [3.8, 4) is 5.75 Å². The maximum Gasteiger partial charge on any atom is 0.165 e. The van der Waals surface area contributed by atoms with Crippen LogP contribution in [0.4, 0.5) is 4.39 Å². The molecule has 1 rings (SSSR count). The number of halogens is 1. The van der Waals surface area contributed by atoms with Crippen molar-refractivity contribution in [3.05, 3.63) is 24.0 Å². The van der Waals surface area contributed by atoms with Crippen LogP contribution in [0.3, 0.4) is 0 Å². The molecule has 0 radical (unpaired) electrons. The summed E-state index contributed by atoms with van der Waals surface area (Å²) in [6, 6.07) is 2.85. The van der Waals surface area contributed by atoms with Gasteiger partial charge in [-0.3, -0.25) is 4.21 Å². The first-order chi connectivity index (χ1) is 5.11. The van der Waals surface area contributed by atoms with Gasteiger partial charge in [-0.1, -0.05) is 0 Å². The van der Waals surface area contributed by atoms with Gasteiger partial charge in [0.1, 0.15) is 0 Å². The van der Waals surface area contributed by atoms with E-state index in [0.29, 0.717) is 0 Å². The van der Waals surface area contributed by atoms with E-state index in [1.807, 2.05) is 0 Å². The third-order valence-corrected chi connectivity index (χ3v) is 1.75. The molecule has 0 aliphatic rings. The van der Waals surface area contributed by atoms with Crippen molar-refractivity contribution < 1.29 is 18.3 Å². The van der Waals surface area contributed by atoms with Gasteiger partial charge < -0.3 is 9.66 Å². The molecule has 0 saturated heterocycles. The van der Waals surface area contributed by atoms with Crippen molar-refractivity contribution in [3.63, 3.8) is 0 Å². The predicted octanol–water partition coefficient (Wildman–Crippen LogP) is 0.769. The van der Waals surface area contributed by atoms with Gasteiger partial charge in [0.15, 0.2) is 11.6 Å². The molecule has 0 spiro atoms. The van der Waals surface area contributed by atoms with E-state index in [9.17, 15) is 13.2 Å². The van der Waals surface area contributed by atoms with Crippen LogP contribution in [0.1, 0.15) is 0 Å². The SMILES string of the molecule is O=S([O-])c1ccc(O)c(F)c1. The Hall–Kier alpha value is -0.940. The second-order valence-corrected chi connectivity index (χ2v) is 2.79. The number of hydrogen-bond acceptors (Lipinski definition) is 3. The van der Waals surface area contributed by atoms with Gasteiger partial charge >= 0.3 is 0 Å². The van der Waals surface area contributed by atoms with Crippen molar-refractivity contribution >= 4 is 11.1 Å². The molecule has 5 heteroatoms. The summed E-state index contributed by atoms with van der Waals surface area (Å²) < 4.78 is 32.8. The summed E-state index contributed by atoms with van der Waals surface area (Å²) in [5.41, 5.74) is 0. The normalized spacial score (nSPS) is 12.9. The van der Waals surface area contributed by atoms with E-state index in [2.05, 4.69) is 0 Å². The Bertz CT molecular complexity index is 300. The van der Waals surface area contributed by atoms with Gasteiger partial charge in [-0.15, -0.1) is 0 Å². The fourth-order valence-corrected chi connectivity index (χ4v) is 0.970. The van der Waals surface area contributed by atoms with Crippen molar-refractivity contribution in [2.45, 2.75) is 4.90 Å². The lowest BCUT2D eigenvalue weighted by molar-refractivity contribution is 0.430. The molecular formula is C6H4FO3S-. The first-order valence-electron chi connectivity index (χ1n) is 2.69. The largest absolute Gasteiger partial charge is 0.768 e. The monoisotopic (exact) mass is 175 g/mol. The Labute approximate surface area is 64.8 Å². The van der Waals surface area contributed by atoms with Crippen LogP contribution < -0.4 is 0 Å². The zero-order valence-electron chi connectivity index (χ0n) is 5.28. The highest BCUT2D eigenvalue weighted by Crippen LogP contribution is 2.17. The minimum Gasteiger partial charge on any atom is -0.768 e. The maximum atomic E-state index is 12.4. The lowest BCUT2D eigenvalue weighted by Crippen LogP contribution is -1.89. The molecule has 0 heterocycles. The zero-order chi connectivity index (χ0) is 8.43. The van der Waals surface area contributed by atoms with Crippen LogP contribution in [0.15, 0.2) is 23.1 Å². The van der Waals surface area contributed by atoms with Crippen LogP contribution in [-0.4, -0.2) is 13.9 Å². The summed E-state index contributed by atoms with van der Waals surface area (Å²) in [5.74, 6) is -1.49. The third-order valence-electron chi connectivity index (χ3n) is 1.11. The van der Waals surface area contributed by atoms with E-state index in [0.717, 1.165) is 18.2 Å². The quantitative estimate of drug-likeness (QED) is 0.641. The summed E-state index contributed by atoms with van der Waals surface area (Å²) in [7, 11) is 0. The van der Waals surface area contributed by atoms with Gasteiger partial charge in [0.25, 0.3) is 0 Å². The van der Waals surface area contributed by atoms with Gasteiger partial charge in [-0.25, -0.2) is 4.39 Å². The van der Waals surface area contributed by atoms with Crippen LogP contribution >= 0.6 is 0 Å². The van der Waals surface area contributed by atoms with Gasteiger partial charge in [-0.2, -0.15) is 0 Å². The molecule has 0 saturated carbocycles. The Kier molecular flexibility index (Phi) is 2.21. The lowest BCUT2D eigenvalue weighted by Gasteiger charge is -2.04. The lowest BCUT2D eigenvalue weighted by atomic mass is 10.3. The average Bonchev–Trinajstić information content (AvgIpc) is 1.94. The van der Waals surface area contributed by atoms with Crippen LogP contribution in [0.25, 0.3) is 0 Å². The highest BCUT2D eigenvalue weighted by Gasteiger charge is 2.00. The maximum absolute atomic E-state index is 12.4. The van der Waals surface area contributed by atoms with E-state index >= 15 is 0 Å². The summed E-state index contributed by atoms with van der Waals surface area (Å²) in [6.45, 7) is 0. The van der Waals surface area contributed by atoms with Crippen LogP contribution in [0.2, 0.25) is 0 Å². The fourth-order valence-electron chi connectivity index (χ4n) is 0.591. The molecule has 1 atom stereocenters. The number of rotatable bonds is 1. The second kappa shape index (κ2) is 2.98. The molecule has 1 N–H and O–H groups in total. The number of phenolic OH excluding ortho intramolecular Hbond substituents is 1. The third kappa shape index (κ3) is 1.75. The van der Waals surface area contributed by atoms with Gasteiger partial charge in [0, 0.05) is 4.90 Å². The molecule has 0 bridgehead atoms. The molecule has 1 unspecified atom stereocenters. The molecule has 0 aliphatic carbocycles. The van der Waals surface area contributed by atoms with Crippen molar-refractivity contribution in [1.82, 2.24) is 0 Å². The highest BCUT2D eigenvalue weighted by molar-refractivity contribution is 7.79. The molecular weight excluding hydrogens is 171 g/mol. The van der Waals surface area contributed by atoms with Crippen molar-refractivity contribution in [2.24, 2.45) is 0 Å². The van der Waals surface area contributed by atoms with Gasteiger partial charge in [-0.05, 0) is 29.3 Å². The molecule has 11 heavy (non-hydrogen) atoms. The first-order valence-corrected chi connectivity index (χ1v) is 3.76. The van der Waals surface area contributed by atoms with Crippen LogP contribution in [-0.2, 0) is 11.1 Å². The summed E-state index contributed by atoms with van der Waals surface area (Å²) in [6.07, 6.45) is 0. The Morgan fingerprint density at radius 2 is 2.18 bits per heavy atom. The summed E-state index contributed by atoms with van der Waals surface area (Å²) >= 11 is -2.45. The van der Waals surface area contributed by atoms with E-state index in [4.69, 9.17) is 5.11 Å². The average molecular weight is 175 g/mol. The fraction of sp³-hybridized carbons (Fsp3) is 0. The van der Waals surface area contributed by atoms with Gasteiger partial charge in [0.05, 0.1) is 0 Å². The van der Waals surface area contributed by atoms with E-state index < -0.39 is 22.6 Å². The minimum absolute atomic E-state index is 0.180. The van der Waals surface area contributed by atoms with E-state index in [-0.39, 0.29) is 4.90 Å². The zero-order valence-corrected chi connectivity index (χ0v) is 6.10. The second-order valence-electron chi connectivity index (χ2n) is 1.85. The van der Waals surface area contributed by atoms with Crippen LogP contribution in [0, 0.1) is 5.82 Å². The van der Waals surface area contributed by atoms with Gasteiger partial charge in [0.2, 0.25) is 0 Å². The predicted molar refractivity (Wildman–Crippen MR) is 35.3 cm³/mol. The molecule has 1 aromatic rings. The topological polar surface area (TPSA) is 60.4 Å². The van der Waals surface area contributed by atoms with E-state index in [1.54, 1.807) is 0 Å². The standard InChI is InChI=1S/C6H5FO3S/c7-5-3-4(11(9)10)1-2-6(5)8/h1-3,8H,(H,9,10)/p-1. The smallest absolute Gasteiger partial charge is 0.165 e. The molecule has 3 nitrogen and oxygen atoms in total. The Balaban J connectivity index is 3.15.